The van der Waals surface area contributed by atoms with Crippen LogP contribution in [0.1, 0.15) is 13.8 Å². The van der Waals surface area contributed by atoms with Gasteiger partial charge >= 0.3 is 0 Å². The summed E-state index contributed by atoms with van der Waals surface area (Å²) in [6, 6.07) is 0. The summed E-state index contributed by atoms with van der Waals surface area (Å²) >= 11 is 0. The highest BCUT2D eigenvalue weighted by molar-refractivity contribution is 7.83. The van der Waals surface area contributed by atoms with E-state index in [0.29, 0.717) is 0 Å². The summed E-state index contributed by atoms with van der Waals surface area (Å²) in [5.41, 5.74) is 0. The number of piperazine rings is 1. The van der Waals surface area contributed by atoms with Crippen LogP contribution in [0.25, 0.3) is 0 Å². The van der Waals surface area contributed by atoms with Gasteiger partial charge in [0.1, 0.15) is 0 Å². The Labute approximate surface area is 77.3 Å². The molecule has 12 heavy (non-hydrogen) atoms. The molecular weight excluding hydrogens is 172 g/mol. The molecule has 0 aromatic heterocycles. The molecule has 1 saturated heterocycles. The van der Waals surface area contributed by atoms with Crippen molar-refractivity contribution in [1.29, 1.82) is 0 Å². The minimum absolute atomic E-state index is 0.258. The summed E-state index contributed by atoms with van der Waals surface area (Å²) in [5.74, 6) is 0. The summed E-state index contributed by atoms with van der Waals surface area (Å²) in [6.07, 6.45) is 0. The van der Waals surface area contributed by atoms with Crippen LogP contribution in [-0.2, 0) is 11.0 Å². The SMILES string of the molecule is CC(C)S(=O)N1CCN(C)CC1. The van der Waals surface area contributed by atoms with Crippen LogP contribution in [0.15, 0.2) is 0 Å². The molecule has 0 aliphatic carbocycles. The number of hydrogen-bond acceptors (Lipinski definition) is 2. The molecule has 4 heteroatoms. The average molecular weight is 190 g/mol. The third-order valence-electron chi connectivity index (χ3n) is 2.12. The molecule has 0 bridgehead atoms. The van der Waals surface area contributed by atoms with E-state index in [1.54, 1.807) is 0 Å². The molecular formula is C8H18N2OS. The highest BCUT2D eigenvalue weighted by Gasteiger charge is 2.20. The lowest BCUT2D eigenvalue weighted by molar-refractivity contribution is 0.227. The van der Waals surface area contributed by atoms with Gasteiger partial charge in [-0.1, -0.05) is 0 Å². The zero-order valence-corrected chi connectivity index (χ0v) is 8.93. The van der Waals surface area contributed by atoms with Crippen molar-refractivity contribution in [2.75, 3.05) is 33.2 Å². The smallest absolute Gasteiger partial charge is 0.0969 e. The lowest BCUT2D eigenvalue weighted by atomic mass is 10.4. The van der Waals surface area contributed by atoms with Gasteiger partial charge in [-0.3, -0.25) is 0 Å². The first-order valence-corrected chi connectivity index (χ1v) is 5.62. The Hall–Kier alpha value is 0.0700. The zero-order valence-electron chi connectivity index (χ0n) is 8.12. The quantitative estimate of drug-likeness (QED) is 0.625. The van der Waals surface area contributed by atoms with Crippen molar-refractivity contribution in [3.63, 3.8) is 0 Å². The first kappa shape index (κ1) is 10.2. The summed E-state index contributed by atoms with van der Waals surface area (Å²) < 4.78 is 13.7. The van der Waals surface area contributed by atoms with Gasteiger partial charge in [-0.25, -0.2) is 8.51 Å². The molecule has 1 aliphatic heterocycles. The fourth-order valence-corrected chi connectivity index (χ4v) is 2.39. The molecule has 1 fully saturated rings. The first-order valence-electron chi connectivity index (χ1n) is 4.45. The van der Waals surface area contributed by atoms with Crippen LogP contribution in [0.3, 0.4) is 0 Å². The van der Waals surface area contributed by atoms with Crippen molar-refractivity contribution in [2.24, 2.45) is 0 Å². The molecule has 0 N–H and O–H groups in total. The highest BCUT2D eigenvalue weighted by atomic mass is 32.2. The van der Waals surface area contributed by atoms with Crippen LogP contribution in [0.4, 0.5) is 0 Å². The van der Waals surface area contributed by atoms with E-state index in [1.165, 1.54) is 0 Å². The maximum absolute atomic E-state index is 11.6. The molecule has 0 amide bonds. The minimum Gasteiger partial charge on any atom is -0.304 e. The molecule has 1 unspecified atom stereocenters. The first-order chi connectivity index (χ1) is 5.61. The molecule has 0 aromatic rings. The third-order valence-corrected chi connectivity index (χ3v) is 3.80. The van der Waals surface area contributed by atoms with Crippen molar-refractivity contribution < 1.29 is 4.21 Å². The van der Waals surface area contributed by atoms with Gasteiger partial charge in [0.05, 0.1) is 11.0 Å². The van der Waals surface area contributed by atoms with Gasteiger partial charge in [-0.05, 0) is 20.9 Å². The number of rotatable bonds is 2. The Kier molecular flexibility index (Phi) is 3.68. The Morgan fingerprint density at radius 2 is 1.67 bits per heavy atom. The van der Waals surface area contributed by atoms with E-state index in [0.717, 1.165) is 26.2 Å². The maximum Gasteiger partial charge on any atom is 0.0969 e. The van der Waals surface area contributed by atoms with Gasteiger partial charge in [0.2, 0.25) is 0 Å². The van der Waals surface area contributed by atoms with E-state index < -0.39 is 11.0 Å². The number of nitrogens with zero attached hydrogens (tertiary/aromatic N) is 2. The Bertz CT molecular complexity index is 164. The van der Waals surface area contributed by atoms with Gasteiger partial charge in [0.25, 0.3) is 0 Å². The van der Waals surface area contributed by atoms with Gasteiger partial charge < -0.3 is 4.90 Å². The summed E-state index contributed by atoms with van der Waals surface area (Å²) in [5, 5.41) is 0.258. The molecule has 1 atom stereocenters. The van der Waals surface area contributed by atoms with E-state index in [9.17, 15) is 4.21 Å². The molecule has 0 spiro atoms. The molecule has 0 saturated carbocycles. The van der Waals surface area contributed by atoms with Crippen molar-refractivity contribution >= 4 is 11.0 Å². The second-order valence-corrected chi connectivity index (χ2v) is 5.57. The Morgan fingerprint density at radius 3 is 2.08 bits per heavy atom. The Morgan fingerprint density at radius 1 is 1.17 bits per heavy atom. The van der Waals surface area contributed by atoms with Crippen molar-refractivity contribution in [1.82, 2.24) is 9.21 Å². The lowest BCUT2D eigenvalue weighted by Gasteiger charge is -2.32. The van der Waals surface area contributed by atoms with E-state index in [1.807, 2.05) is 13.8 Å². The number of hydrogen-bond donors (Lipinski definition) is 0. The molecule has 1 heterocycles. The van der Waals surface area contributed by atoms with Crippen LogP contribution in [0, 0.1) is 0 Å². The normalized spacial score (nSPS) is 24.7. The predicted octanol–water partition coefficient (Wildman–Crippen LogP) is 0.306. The fourth-order valence-electron chi connectivity index (χ4n) is 1.27. The summed E-state index contributed by atoms with van der Waals surface area (Å²) in [7, 11) is 1.34. The Balaban J connectivity index is 2.39. The van der Waals surface area contributed by atoms with E-state index in [4.69, 9.17) is 0 Å². The second kappa shape index (κ2) is 4.35. The topological polar surface area (TPSA) is 23.6 Å². The van der Waals surface area contributed by atoms with Crippen LogP contribution in [-0.4, -0.2) is 51.9 Å². The van der Waals surface area contributed by atoms with Crippen LogP contribution in [0.5, 0.6) is 0 Å². The summed E-state index contributed by atoms with van der Waals surface area (Å²) in [4.78, 5) is 2.27. The standard InChI is InChI=1S/C8H18N2OS/c1-8(2)12(11)10-6-4-9(3)5-7-10/h8H,4-7H2,1-3H3. The molecule has 1 rings (SSSR count). The van der Waals surface area contributed by atoms with Gasteiger partial charge in [0.15, 0.2) is 0 Å². The fraction of sp³-hybridized carbons (Fsp3) is 1.00. The minimum atomic E-state index is -0.766. The molecule has 1 aliphatic rings. The molecule has 72 valence electrons. The van der Waals surface area contributed by atoms with Gasteiger partial charge in [-0.2, -0.15) is 0 Å². The highest BCUT2D eigenvalue weighted by Crippen LogP contribution is 2.06. The predicted molar refractivity (Wildman–Crippen MR) is 52.3 cm³/mol. The molecule has 0 radical (unpaired) electrons. The van der Waals surface area contributed by atoms with Gasteiger partial charge in [0, 0.05) is 31.4 Å². The van der Waals surface area contributed by atoms with Crippen molar-refractivity contribution in [3.8, 4) is 0 Å². The zero-order chi connectivity index (χ0) is 9.14. The van der Waals surface area contributed by atoms with E-state index >= 15 is 0 Å². The third kappa shape index (κ3) is 2.54. The largest absolute Gasteiger partial charge is 0.304 e. The lowest BCUT2D eigenvalue weighted by Crippen LogP contribution is -2.46. The van der Waals surface area contributed by atoms with Crippen molar-refractivity contribution in [2.45, 2.75) is 19.1 Å². The summed E-state index contributed by atoms with van der Waals surface area (Å²) in [6.45, 7) is 7.99. The average Bonchev–Trinajstić information content (AvgIpc) is 2.04. The van der Waals surface area contributed by atoms with Crippen molar-refractivity contribution in [3.05, 3.63) is 0 Å². The maximum atomic E-state index is 11.6. The van der Waals surface area contributed by atoms with E-state index in [2.05, 4.69) is 16.3 Å². The number of likely N-dealkylation sites (N-methyl/N-ethyl adjacent to an activating group) is 1. The van der Waals surface area contributed by atoms with Crippen LogP contribution < -0.4 is 0 Å². The second-order valence-electron chi connectivity index (χ2n) is 3.56. The molecule has 3 nitrogen and oxygen atoms in total. The monoisotopic (exact) mass is 190 g/mol. The van der Waals surface area contributed by atoms with E-state index in [-0.39, 0.29) is 5.25 Å². The van der Waals surface area contributed by atoms with Crippen LogP contribution in [0.2, 0.25) is 0 Å². The van der Waals surface area contributed by atoms with Crippen LogP contribution >= 0.6 is 0 Å². The molecule has 0 aromatic carbocycles. The van der Waals surface area contributed by atoms with Gasteiger partial charge in [-0.15, -0.1) is 0 Å².